The third-order valence-electron chi connectivity index (χ3n) is 3.79. The fraction of sp³-hybridized carbons (Fsp3) is 0.278. The Morgan fingerprint density at radius 1 is 1.09 bits per heavy atom. The highest BCUT2D eigenvalue weighted by molar-refractivity contribution is 7.99. The number of ether oxygens (including phenoxy) is 1. The summed E-state index contributed by atoms with van der Waals surface area (Å²) in [6.07, 6.45) is 0. The Hall–Kier alpha value is -1.94. The molecule has 3 nitrogen and oxygen atoms in total. The molecule has 2 aromatic rings. The topological polar surface area (TPSA) is 30.8 Å². The van der Waals surface area contributed by atoms with Gasteiger partial charge in [0.05, 0.1) is 0 Å². The first-order valence-electron chi connectivity index (χ1n) is 7.35. The van der Waals surface area contributed by atoms with Crippen LogP contribution in [0, 0.1) is 0 Å². The fourth-order valence-corrected chi connectivity index (χ4v) is 3.68. The van der Waals surface area contributed by atoms with Gasteiger partial charge in [-0.15, -0.1) is 0 Å². The van der Waals surface area contributed by atoms with Gasteiger partial charge in [-0.25, -0.2) is 0 Å². The van der Waals surface area contributed by atoms with Crippen LogP contribution in [0.15, 0.2) is 59.8 Å². The van der Waals surface area contributed by atoms with Gasteiger partial charge in [0.2, 0.25) is 0 Å². The van der Waals surface area contributed by atoms with Crippen molar-refractivity contribution in [2.45, 2.75) is 12.5 Å². The summed E-state index contributed by atoms with van der Waals surface area (Å²) in [5, 5.41) is 4.08. The van der Waals surface area contributed by atoms with E-state index in [1.165, 1.54) is 0 Å². The van der Waals surface area contributed by atoms with E-state index in [2.05, 4.69) is 30.3 Å². The lowest BCUT2D eigenvalue weighted by Gasteiger charge is -2.29. The maximum absolute atomic E-state index is 6.35. The third kappa shape index (κ3) is 2.48. The van der Waals surface area contributed by atoms with Crippen molar-refractivity contribution >= 4 is 17.7 Å². The number of rotatable bonds is 5. The Morgan fingerprint density at radius 3 is 2.55 bits per heavy atom. The van der Waals surface area contributed by atoms with Gasteiger partial charge < -0.3 is 9.57 Å². The highest BCUT2D eigenvalue weighted by atomic mass is 32.2. The van der Waals surface area contributed by atoms with Gasteiger partial charge in [-0.05, 0) is 17.0 Å². The van der Waals surface area contributed by atoms with E-state index in [4.69, 9.17) is 9.57 Å². The largest absolute Gasteiger partial charge is 0.458 e. The van der Waals surface area contributed by atoms with Gasteiger partial charge in [-0.2, -0.15) is 11.8 Å². The molecule has 0 fully saturated rings. The summed E-state index contributed by atoms with van der Waals surface area (Å²) in [7, 11) is 1.54. The molecule has 3 rings (SSSR count). The van der Waals surface area contributed by atoms with Crippen LogP contribution in [0.3, 0.4) is 0 Å². The minimum atomic E-state index is -0.504. The minimum Gasteiger partial charge on any atom is -0.458 e. The molecule has 0 saturated heterocycles. The molecule has 0 radical (unpaired) electrons. The lowest BCUT2D eigenvalue weighted by Crippen LogP contribution is -2.31. The summed E-state index contributed by atoms with van der Waals surface area (Å²) in [6.45, 7) is 2.16. The summed E-state index contributed by atoms with van der Waals surface area (Å²) >= 11 is 1.86. The molecule has 0 aliphatic carbocycles. The Kier molecular flexibility index (Phi) is 4.39. The standard InChI is InChI=1S/C18H19NO2S/c1-3-22-13-18(14-9-5-4-6-10-14)16-12-8-7-11-15(16)17(21-18)19-20-2/h4-12H,3,13H2,1-2H3/b19-17-. The highest BCUT2D eigenvalue weighted by Gasteiger charge is 2.45. The van der Waals surface area contributed by atoms with Crippen molar-refractivity contribution in [1.82, 2.24) is 0 Å². The van der Waals surface area contributed by atoms with Gasteiger partial charge in [0.1, 0.15) is 7.11 Å². The van der Waals surface area contributed by atoms with Crippen LogP contribution in [0.5, 0.6) is 0 Å². The van der Waals surface area contributed by atoms with Crippen LogP contribution >= 0.6 is 11.8 Å². The van der Waals surface area contributed by atoms with Crippen molar-refractivity contribution in [2.75, 3.05) is 18.6 Å². The first-order chi connectivity index (χ1) is 10.8. The molecule has 1 unspecified atom stereocenters. The second-order valence-electron chi connectivity index (χ2n) is 5.06. The van der Waals surface area contributed by atoms with Gasteiger partial charge >= 0.3 is 0 Å². The number of oxime groups is 1. The Balaban J connectivity index is 2.17. The zero-order valence-electron chi connectivity index (χ0n) is 12.8. The maximum Gasteiger partial charge on any atom is 0.259 e. The summed E-state index contributed by atoms with van der Waals surface area (Å²) < 4.78 is 6.35. The van der Waals surface area contributed by atoms with Gasteiger partial charge in [0.15, 0.2) is 5.60 Å². The molecular formula is C18H19NO2S. The second kappa shape index (κ2) is 6.44. The SMILES string of the molecule is CCSCC1(c2ccccc2)O/C(=N\OC)c2ccccc21. The highest BCUT2D eigenvalue weighted by Crippen LogP contribution is 2.44. The number of hydrogen-bond acceptors (Lipinski definition) is 4. The third-order valence-corrected chi connectivity index (χ3v) is 4.81. The van der Waals surface area contributed by atoms with Crippen molar-refractivity contribution in [3.05, 3.63) is 71.3 Å². The van der Waals surface area contributed by atoms with Gasteiger partial charge in [0.25, 0.3) is 5.90 Å². The normalized spacial score (nSPS) is 21.5. The lowest BCUT2D eigenvalue weighted by atomic mass is 9.87. The van der Waals surface area contributed by atoms with Crippen molar-refractivity contribution in [3.8, 4) is 0 Å². The number of fused-ring (bicyclic) bond motifs is 1. The Morgan fingerprint density at radius 2 is 1.82 bits per heavy atom. The molecule has 22 heavy (non-hydrogen) atoms. The first-order valence-corrected chi connectivity index (χ1v) is 8.50. The molecule has 0 N–H and O–H groups in total. The van der Waals surface area contributed by atoms with E-state index in [9.17, 15) is 0 Å². The van der Waals surface area contributed by atoms with Gasteiger partial charge in [-0.3, -0.25) is 0 Å². The maximum atomic E-state index is 6.35. The molecule has 114 valence electrons. The van der Waals surface area contributed by atoms with Crippen molar-refractivity contribution in [2.24, 2.45) is 5.16 Å². The van der Waals surface area contributed by atoms with Gasteiger partial charge in [0, 0.05) is 22.4 Å². The molecule has 2 aromatic carbocycles. The minimum absolute atomic E-state index is 0.504. The second-order valence-corrected chi connectivity index (χ2v) is 6.33. The molecule has 1 aliphatic heterocycles. The molecule has 1 atom stereocenters. The number of benzene rings is 2. The van der Waals surface area contributed by atoms with E-state index in [1.807, 2.05) is 48.2 Å². The van der Waals surface area contributed by atoms with Crippen LogP contribution in [0.1, 0.15) is 23.6 Å². The number of thioether (sulfide) groups is 1. The van der Waals surface area contributed by atoms with E-state index in [1.54, 1.807) is 7.11 Å². The predicted molar refractivity (Wildman–Crippen MR) is 91.3 cm³/mol. The average Bonchev–Trinajstić information content (AvgIpc) is 2.90. The van der Waals surface area contributed by atoms with Crippen LogP contribution in [-0.2, 0) is 15.2 Å². The monoisotopic (exact) mass is 313 g/mol. The summed E-state index contributed by atoms with van der Waals surface area (Å²) in [4.78, 5) is 4.97. The van der Waals surface area contributed by atoms with Crippen molar-refractivity contribution in [3.63, 3.8) is 0 Å². The molecule has 0 spiro atoms. The molecule has 0 aromatic heterocycles. The molecule has 0 amide bonds. The van der Waals surface area contributed by atoms with Crippen LogP contribution < -0.4 is 0 Å². The molecular weight excluding hydrogens is 294 g/mol. The molecule has 1 aliphatic rings. The van der Waals surface area contributed by atoms with Crippen molar-refractivity contribution < 1.29 is 9.57 Å². The lowest BCUT2D eigenvalue weighted by molar-refractivity contribution is 0.122. The smallest absolute Gasteiger partial charge is 0.259 e. The van der Waals surface area contributed by atoms with Crippen LogP contribution in [0.4, 0.5) is 0 Å². The van der Waals surface area contributed by atoms with E-state index in [0.717, 1.165) is 28.2 Å². The number of hydrogen-bond donors (Lipinski definition) is 0. The Labute approximate surface area is 135 Å². The summed E-state index contributed by atoms with van der Waals surface area (Å²) in [6, 6.07) is 18.6. The fourth-order valence-electron chi connectivity index (χ4n) is 2.81. The van der Waals surface area contributed by atoms with Crippen LogP contribution in [0.2, 0.25) is 0 Å². The van der Waals surface area contributed by atoms with E-state index >= 15 is 0 Å². The van der Waals surface area contributed by atoms with Crippen LogP contribution in [0.25, 0.3) is 0 Å². The summed E-state index contributed by atoms with van der Waals surface area (Å²) in [5.74, 6) is 2.43. The zero-order chi connectivity index (χ0) is 15.4. The first kappa shape index (κ1) is 15.0. The predicted octanol–water partition coefficient (Wildman–Crippen LogP) is 4.02. The van der Waals surface area contributed by atoms with Crippen molar-refractivity contribution in [1.29, 1.82) is 0 Å². The van der Waals surface area contributed by atoms with E-state index in [0.29, 0.717) is 5.90 Å². The Bertz CT molecular complexity index is 672. The number of nitrogens with zero attached hydrogens (tertiary/aromatic N) is 1. The van der Waals surface area contributed by atoms with E-state index < -0.39 is 5.60 Å². The molecule has 0 saturated carbocycles. The van der Waals surface area contributed by atoms with Crippen LogP contribution in [-0.4, -0.2) is 24.5 Å². The molecule has 4 heteroatoms. The zero-order valence-corrected chi connectivity index (χ0v) is 13.6. The molecule has 0 bridgehead atoms. The summed E-state index contributed by atoms with van der Waals surface area (Å²) in [5.41, 5.74) is 2.79. The van der Waals surface area contributed by atoms with Gasteiger partial charge in [-0.1, -0.05) is 55.5 Å². The quantitative estimate of drug-likeness (QED) is 0.781. The average molecular weight is 313 g/mol. The molecule has 1 heterocycles. The van der Waals surface area contributed by atoms with E-state index in [-0.39, 0.29) is 0 Å².